The van der Waals surface area contributed by atoms with Gasteiger partial charge in [-0.1, -0.05) is 0 Å². The van der Waals surface area contributed by atoms with E-state index in [2.05, 4.69) is 0 Å². The molecule has 0 aliphatic carbocycles. The Kier molecular flexibility index (Phi) is 7.15. The fourth-order valence-corrected chi connectivity index (χ4v) is 3.49. The smallest absolute Gasteiger partial charge is 0.341 e. The molecule has 2 aromatic carbocycles. The average molecular weight is 418 g/mol. The van der Waals surface area contributed by atoms with Crippen LogP contribution in [0.5, 0.6) is 23.0 Å². The standard InChI is InChI=1S/C22H26O8/c1-11-17(13(25-3)9-15(27-5)19(11)21(23)29-7)18-12(2)20(22(24)30-8)16(28-6)10-14(18)26-4/h9-10H,1-8H3. The Balaban J connectivity index is 3.06. The van der Waals surface area contributed by atoms with Gasteiger partial charge < -0.3 is 28.4 Å². The molecule has 0 amide bonds. The Labute approximate surface area is 175 Å². The summed E-state index contributed by atoms with van der Waals surface area (Å²) in [5.74, 6) is 0.341. The van der Waals surface area contributed by atoms with E-state index in [0.717, 1.165) is 0 Å². The lowest BCUT2D eigenvalue weighted by Gasteiger charge is -2.23. The van der Waals surface area contributed by atoms with Gasteiger partial charge in [0.2, 0.25) is 0 Å². The quantitative estimate of drug-likeness (QED) is 0.631. The number of ether oxygens (including phenoxy) is 6. The Bertz CT molecular complexity index is 899. The van der Waals surface area contributed by atoms with Crippen LogP contribution in [-0.4, -0.2) is 54.6 Å². The van der Waals surface area contributed by atoms with Crippen molar-refractivity contribution in [2.45, 2.75) is 13.8 Å². The van der Waals surface area contributed by atoms with E-state index in [1.165, 1.54) is 42.7 Å². The summed E-state index contributed by atoms with van der Waals surface area (Å²) in [4.78, 5) is 25.0. The molecule has 0 N–H and O–H groups in total. The highest BCUT2D eigenvalue weighted by atomic mass is 16.5. The van der Waals surface area contributed by atoms with E-state index in [-0.39, 0.29) is 11.1 Å². The number of esters is 2. The minimum Gasteiger partial charge on any atom is -0.496 e. The van der Waals surface area contributed by atoms with E-state index in [4.69, 9.17) is 28.4 Å². The minimum atomic E-state index is -0.563. The van der Waals surface area contributed by atoms with Gasteiger partial charge in [-0.2, -0.15) is 0 Å². The predicted octanol–water partition coefficient (Wildman–Crippen LogP) is 3.58. The number of carbonyl (C=O) groups is 2. The SMILES string of the molecule is COC(=O)c1c(OC)cc(OC)c(-c2c(OC)cc(OC)c(C(=O)OC)c2C)c1C. The van der Waals surface area contributed by atoms with E-state index >= 15 is 0 Å². The number of carbonyl (C=O) groups excluding carboxylic acids is 2. The van der Waals surface area contributed by atoms with Crippen LogP contribution in [0.15, 0.2) is 12.1 Å². The molecule has 0 heterocycles. The maximum atomic E-state index is 12.5. The summed E-state index contributed by atoms with van der Waals surface area (Å²) >= 11 is 0. The topological polar surface area (TPSA) is 89.5 Å². The van der Waals surface area contributed by atoms with Crippen molar-refractivity contribution in [1.82, 2.24) is 0 Å². The van der Waals surface area contributed by atoms with Crippen LogP contribution in [0.2, 0.25) is 0 Å². The first-order valence-electron chi connectivity index (χ1n) is 8.99. The summed E-state index contributed by atoms with van der Waals surface area (Å²) in [5, 5.41) is 0. The molecule has 0 atom stereocenters. The highest BCUT2D eigenvalue weighted by molar-refractivity contribution is 6.02. The van der Waals surface area contributed by atoms with Crippen LogP contribution in [0.4, 0.5) is 0 Å². The van der Waals surface area contributed by atoms with Gasteiger partial charge in [0.05, 0.1) is 42.7 Å². The fraction of sp³-hybridized carbons (Fsp3) is 0.364. The molecule has 2 aromatic rings. The number of hydrogen-bond donors (Lipinski definition) is 0. The molecule has 0 aliphatic rings. The molecule has 0 bridgehead atoms. The van der Waals surface area contributed by atoms with Crippen LogP contribution in [0.1, 0.15) is 31.8 Å². The molecule has 162 valence electrons. The van der Waals surface area contributed by atoms with E-state index in [1.807, 2.05) is 0 Å². The van der Waals surface area contributed by atoms with E-state index in [0.29, 0.717) is 45.3 Å². The van der Waals surface area contributed by atoms with Crippen molar-refractivity contribution in [2.24, 2.45) is 0 Å². The molecule has 0 aromatic heterocycles. The number of methoxy groups -OCH3 is 6. The zero-order chi connectivity index (χ0) is 22.6. The normalized spacial score (nSPS) is 10.3. The molecule has 8 nitrogen and oxygen atoms in total. The van der Waals surface area contributed by atoms with Crippen molar-refractivity contribution in [3.05, 3.63) is 34.4 Å². The van der Waals surface area contributed by atoms with Gasteiger partial charge in [0, 0.05) is 23.3 Å². The molecule has 8 heteroatoms. The van der Waals surface area contributed by atoms with Crippen molar-refractivity contribution in [2.75, 3.05) is 42.7 Å². The number of benzene rings is 2. The van der Waals surface area contributed by atoms with Gasteiger partial charge in [-0.3, -0.25) is 0 Å². The van der Waals surface area contributed by atoms with Gasteiger partial charge in [0.25, 0.3) is 0 Å². The molecular formula is C22H26O8. The second-order valence-corrected chi connectivity index (χ2v) is 6.30. The van der Waals surface area contributed by atoms with Crippen molar-refractivity contribution >= 4 is 11.9 Å². The third kappa shape index (κ3) is 3.72. The Morgan fingerprint density at radius 1 is 0.567 bits per heavy atom. The summed E-state index contributed by atoms with van der Waals surface area (Å²) in [7, 11) is 8.49. The molecular weight excluding hydrogens is 392 g/mol. The third-order valence-corrected chi connectivity index (χ3v) is 4.92. The van der Waals surface area contributed by atoms with Crippen LogP contribution >= 0.6 is 0 Å². The van der Waals surface area contributed by atoms with Gasteiger partial charge in [0.15, 0.2) is 0 Å². The first-order chi connectivity index (χ1) is 14.3. The molecule has 0 saturated carbocycles. The van der Waals surface area contributed by atoms with Crippen LogP contribution in [0.25, 0.3) is 11.1 Å². The third-order valence-electron chi connectivity index (χ3n) is 4.92. The fourth-order valence-electron chi connectivity index (χ4n) is 3.49. The molecule has 30 heavy (non-hydrogen) atoms. The van der Waals surface area contributed by atoms with Gasteiger partial charge in [0.1, 0.15) is 34.1 Å². The minimum absolute atomic E-state index is 0.243. The molecule has 0 fully saturated rings. The first-order valence-corrected chi connectivity index (χ1v) is 8.99. The summed E-state index contributed by atoms with van der Waals surface area (Å²) in [5.41, 5.74) is 2.68. The van der Waals surface area contributed by atoms with Crippen molar-refractivity contribution in [3.8, 4) is 34.1 Å². The predicted molar refractivity (Wildman–Crippen MR) is 110 cm³/mol. The average Bonchev–Trinajstić information content (AvgIpc) is 2.76. The van der Waals surface area contributed by atoms with E-state index < -0.39 is 11.9 Å². The number of rotatable bonds is 7. The Morgan fingerprint density at radius 3 is 1.10 bits per heavy atom. The lowest BCUT2D eigenvalue weighted by Crippen LogP contribution is -2.11. The zero-order valence-corrected chi connectivity index (χ0v) is 18.4. The zero-order valence-electron chi connectivity index (χ0n) is 18.4. The lowest BCUT2D eigenvalue weighted by atomic mass is 9.88. The summed E-state index contributed by atoms with van der Waals surface area (Å²) in [6.07, 6.45) is 0. The summed E-state index contributed by atoms with van der Waals surface area (Å²) in [6.45, 7) is 3.49. The molecule has 0 spiro atoms. The molecule has 0 saturated heterocycles. The van der Waals surface area contributed by atoms with Gasteiger partial charge in [-0.05, 0) is 25.0 Å². The Hall–Kier alpha value is -3.42. The second-order valence-electron chi connectivity index (χ2n) is 6.30. The first kappa shape index (κ1) is 22.9. The monoisotopic (exact) mass is 418 g/mol. The van der Waals surface area contributed by atoms with Crippen molar-refractivity contribution in [1.29, 1.82) is 0 Å². The van der Waals surface area contributed by atoms with Crippen molar-refractivity contribution < 1.29 is 38.0 Å². The molecule has 0 aliphatic heterocycles. The van der Waals surface area contributed by atoms with Crippen molar-refractivity contribution in [3.63, 3.8) is 0 Å². The number of hydrogen-bond acceptors (Lipinski definition) is 8. The van der Waals surface area contributed by atoms with Crippen LogP contribution < -0.4 is 18.9 Å². The van der Waals surface area contributed by atoms with Gasteiger partial charge >= 0.3 is 11.9 Å². The molecule has 0 radical (unpaired) electrons. The van der Waals surface area contributed by atoms with Crippen LogP contribution in [0, 0.1) is 13.8 Å². The highest BCUT2D eigenvalue weighted by Crippen LogP contribution is 2.47. The largest absolute Gasteiger partial charge is 0.496 e. The maximum absolute atomic E-state index is 12.5. The van der Waals surface area contributed by atoms with Crippen LogP contribution in [-0.2, 0) is 9.47 Å². The molecule has 2 rings (SSSR count). The highest BCUT2D eigenvalue weighted by Gasteiger charge is 2.29. The van der Waals surface area contributed by atoms with E-state index in [1.54, 1.807) is 26.0 Å². The maximum Gasteiger partial charge on any atom is 0.341 e. The lowest BCUT2D eigenvalue weighted by molar-refractivity contribution is 0.0586. The molecule has 0 unspecified atom stereocenters. The van der Waals surface area contributed by atoms with E-state index in [9.17, 15) is 9.59 Å². The summed E-state index contributed by atoms with van der Waals surface area (Å²) in [6, 6.07) is 3.19. The second kappa shape index (κ2) is 9.39. The van der Waals surface area contributed by atoms with Gasteiger partial charge in [-0.15, -0.1) is 0 Å². The summed E-state index contributed by atoms with van der Waals surface area (Å²) < 4.78 is 31.8. The van der Waals surface area contributed by atoms with Crippen LogP contribution in [0.3, 0.4) is 0 Å². The Morgan fingerprint density at radius 2 is 0.867 bits per heavy atom. The van der Waals surface area contributed by atoms with Gasteiger partial charge in [-0.25, -0.2) is 9.59 Å².